The molecule has 1 aliphatic carbocycles. The number of aryl methyl sites for hydroxylation is 2. The van der Waals surface area contributed by atoms with Crippen molar-refractivity contribution in [3.05, 3.63) is 34.9 Å². The third-order valence-electron chi connectivity index (χ3n) is 4.00. The van der Waals surface area contributed by atoms with Gasteiger partial charge in [-0.15, -0.1) is 0 Å². The van der Waals surface area contributed by atoms with Gasteiger partial charge in [-0.3, -0.25) is 0 Å². The highest BCUT2D eigenvalue weighted by atomic mass is 14.9. The summed E-state index contributed by atoms with van der Waals surface area (Å²) in [5.41, 5.74) is 5.03. The van der Waals surface area contributed by atoms with Gasteiger partial charge in [0.2, 0.25) is 0 Å². The number of hydrogen-bond donors (Lipinski definition) is 1. The van der Waals surface area contributed by atoms with Crippen LogP contribution in [0.5, 0.6) is 0 Å². The van der Waals surface area contributed by atoms with Gasteiger partial charge in [-0.2, -0.15) is 0 Å². The molecule has 0 aromatic heterocycles. The van der Waals surface area contributed by atoms with Crippen molar-refractivity contribution in [2.75, 3.05) is 13.1 Å². The summed E-state index contributed by atoms with van der Waals surface area (Å²) in [6.07, 6.45) is 5.09. The Labute approximate surface area is 118 Å². The van der Waals surface area contributed by atoms with Gasteiger partial charge in [0, 0.05) is 6.54 Å². The summed E-state index contributed by atoms with van der Waals surface area (Å²) in [6, 6.07) is 7.15. The van der Waals surface area contributed by atoms with Crippen LogP contribution >= 0.6 is 0 Å². The Kier molecular flexibility index (Phi) is 4.67. The Morgan fingerprint density at radius 2 is 1.89 bits per heavy atom. The van der Waals surface area contributed by atoms with Crippen molar-refractivity contribution in [1.82, 2.24) is 5.32 Å². The Hall–Kier alpha value is -0.820. The van der Waals surface area contributed by atoms with E-state index in [1.54, 1.807) is 11.1 Å². The van der Waals surface area contributed by atoms with Crippen LogP contribution in [0.1, 0.15) is 50.8 Å². The first-order chi connectivity index (χ1) is 8.96. The first kappa shape index (κ1) is 14.6. The van der Waals surface area contributed by atoms with E-state index in [1.807, 2.05) is 0 Å². The summed E-state index contributed by atoms with van der Waals surface area (Å²) in [5.74, 6) is 0.732. The van der Waals surface area contributed by atoms with Crippen molar-refractivity contribution in [3.8, 4) is 0 Å². The molecule has 1 nitrogen and oxygen atoms in total. The van der Waals surface area contributed by atoms with E-state index < -0.39 is 0 Å². The SMILES string of the molecule is CC(C)CNCC(C)(C)Cc1ccc2c(c1)CCC2. The second-order valence-electron chi connectivity index (χ2n) is 7.32. The highest BCUT2D eigenvalue weighted by Crippen LogP contribution is 2.27. The van der Waals surface area contributed by atoms with Gasteiger partial charge in [0.05, 0.1) is 0 Å². The molecule has 0 saturated carbocycles. The Bertz CT molecular complexity index is 418. The molecule has 0 heterocycles. The van der Waals surface area contributed by atoms with Crippen molar-refractivity contribution in [2.24, 2.45) is 11.3 Å². The lowest BCUT2D eigenvalue weighted by Gasteiger charge is -2.26. The fourth-order valence-electron chi connectivity index (χ4n) is 3.05. The van der Waals surface area contributed by atoms with E-state index in [0.717, 1.165) is 19.0 Å². The summed E-state index contributed by atoms with van der Waals surface area (Å²) in [4.78, 5) is 0. The van der Waals surface area contributed by atoms with E-state index in [1.165, 1.54) is 31.2 Å². The van der Waals surface area contributed by atoms with E-state index in [2.05, 4.69) is 51.2 Å². The first-order valence-electron chi connectivity index (χ1n) is 7.78. The van der Waals surface area contributed by atoms with Crippen LogP contribution in [0.4, 0.5) is 0 Å². The van der Waals surface area contributed by atoms with Gasteiger partial charge in [0.25, 0.3) is 0 Å². The van der Waals surface area contributed by atoms with Gasteiger partial charge < -0.3 is 5.32 Å². The molecule has 0 fully saturated rings. The van der Waals surface area contributed by atoms with Gasteiger partial charge in [-0.05, 0) is 60.3 Å². The van der Waals surface area contributed by atoms with E-state index in [4.69, 9.17) is 0 Å². The summed E-state index contributed by atoms with van der Waals surface area (Å²) in [5, 5.41) is 3.60. The van der Waals surface area contributed by atoms with Crippen LogP contribution in [0.3, 0.4) is 0 Å². The monoisotopic (exact) mass is 259 g/mol. The Morgan fingerprint density at radius 1 is 1.16 bits per heavy atom. The third kappa shape index (κ3) is 4.35. The van der Waals surface area contributed by atoms with Gasteiger partial charge in [-0.1, -0.05) is 45.9 Å². The highest BCUT2D eigenvalue weighted by molar-refractivity contribution is 5.35. The second kappa shape index (κ2) is 6.09. The lowest BCUT2D eigenvalue weighted by Crippen LogP contribution is -2.33. The molecule has 1 heteroatoms. The fraction of sp³-hybridized carbons (Fsp3) is 0.667. The molecule has 0 bridgehead atoms. The smallest absolute Gasteiger partial charge is 0.000581 e. The zero-order chi connectivity index (χ0) is 13.9. The molecule has 0 spiro atoms. The lowest BCUT2D eigenvalue weighted by molar-refractivity contribution is 0.330. The predicted octanol–water partition coefficient (Wildman–Crippen LogP) is 3.99. The molecule has 106 valence electrons. The molecular formula is C18H29N. The Morgan fingerprint density at radius 3 is 2.63 bits per heavy atom. The quantitative estimate of drug-likeness (QED) is 0.814. The van der Waals surface area contributed by atoms with Crippen molar-refractivity contribution >= 4 is 0 Å². The number of hydrogen-bond acceptors (Lipinski definition) is 1. The van der Waals surface area contributed by atoms with Gasteiger partial charge in [0.15, 0.2) is 0 Å². The zero-order valence-corrected chi connectivity index (χ0v) is 13.1. The maximum Gasteiger partial charge on any atom is 0.000581 e. The van der Waals surface area contributed by atoms with Gasteiger partial charge >= 0.3 is 0 Å². The van der Waals surface area contributed by atoms with Crippen LogP contribution < -0.4 is 5.32 Å². The summed E-state index contributed by atoms with van der Waals surface area (Å²) in [6.45, 7) is 11.5. The van der Waals surface area contributed by atoms with Crippen molar-refractivity contribution in [1.29, 1.82) is 0 Å². The van der Waals surface area contributed by atoms with Crippen LogP contribution in [0.2, 0.25) is 0 Å². The van der Waals surface area contributed by atoms with E-state index in [-0.39, 0.29) is 0 Å². The number of nitrogens with one attached hydrogen (secondary N) is 1. The summed E-state index contributed by atoms with van der Waals surface area (Å²) < 4.78 is 0. The minimum absolute atomic E-state index is 0.335. The molecule has 19 heavy (non-hydrogen) atoms. The molecule has 1 aromatic rings. The zero-order valence-electron chi connectivity index (χ0n) is 13.1. The second-order valence-corrected chi connectivity index (χ2v) is 7.32. The average molecular weight is 259 g/mol. The molecule has 2 rings (SSSR count). The van der Waals surface area contributed by atoms with Crippen LogP contribution in [0, 0.1) is 11.3 Å². The molecule has 1 N–H and O–H groups in total. The molecular weight excluding hydrogens is 230 g/mol. The number of benzene rings is 1. The van der Waals surface area contributed by atoms with Crippen molar-refractivity contribution in [2.45, 2.75) is 53.4 Å². The molecule has 0 aliphatic heterocycles. The fourth-order valence-corrected chi connectivity index (χ4v) is 3.05. The first-order valence-corrected chi connectivity index (χ1v) is 7.78. The lowest BCUT2D eigenvalue weighted by atomic mass is 9.85. The van der Waals surface area contributed by atoms with E-state index in [0.29, 0.717) is 5.41 Å². The summed E-state index contributed by atoms with van der Waals surface area (Å²) in [7, 11) is 0. The standard InChI is InChI=1S/C18H29N/c1-14(2)12-19-13-18(3,4)11-15-8-9-16-6-5-7-17(16)10-15/h8-10,14,19H,5-7,11-13H2,1-4H3. The molecule has 1 aromatic carbocycles. The molecule has 0 amide bonds. The minimum atomic E-state index is 0.335. The topological polar surface area (TPSA) is 12.0 Å². The molecule has 0 atom stereocenters. The largest absolute Gasteiger partial charge is 0.316 e. The van der Waals surface area contributed by atoms with Gasteiger partial charge in [-0.25, -0.2) is 0 Å². The normalized spacial score (nSPS) is 15.0. The van der Waals surface area contributed by atoms with Crippen LogP contribution in [0.15, 0.2) is 18.2 Å². The number of rotatable bonds is 6. The predicted molar refractivity (Wildman–Crippen MR) is 83.7 cm³/mol. The maximum atomic E-state index is 3.60. The average Bonchev–Trinajstić information content (AvgIpc) is 2.74. The van der Waals surface area contributed by atoms with Crippen LogP contribution in [0.25, 0.3) is 0 Å². The van der Waals surface area contributed by atoms with E-state index in [9.17, 15) is 0 Å². The maximum absolute atomic E-state index is 3.60. The summed E-state index contributed by atoms with van der Waals surface area (Å²) >= 11 is 0. The van der Waals surface area contributed by atoms with E-state index >= 15 is 0 Å². The van der Waals surface area contributed by atoms with Gasteiger partial charge in [0.1, 0.15) is 0 Å². The van der Waals surface area contributed by atoms with Crippen molar-refractivity contribution < 1.29 is 0 Å². The molecule has 0 unspecified atom stereocenters. The van der Waals surface area contributed by atoms with Crippen LogP contribution in [-0.2, 0) is 19.3 Å². The third-order valence-corrected chi connectivity index (χ3v) is 4.00. The molecule has 1 aliphatic rings. The van der Waals surface area contributed by atoms with Crippen LogP contribution in [-0.4, -0.2) is 13.1 Å². The minimum Gasteiger partial charge on any atom is -0.316 e. The van der Waals surface area contributed by atoms with Crippen molar-refractivity contribution in [3.63, 3.8) is 0 Å². The number of fused-ring (bicyclic) bond motifs is 1. The Balaban J connectivity index is 1.92. The molecule has 0 saturated heterocycles. The molecule has 0 radical (unpaired) electrons. The highest BCUT2D eigenvalue weighted by Gasteiger charge is 2.19.